The monoisotopic (exact) mass is 271 g/mol. The molecule has 0 radical (unpaired) electrons. The Kier molecular flexibility index (Phi) is 3.09. The molecule has 0 heterocycles. The average Bonchev–Trinajstić information content (AvgIpc) is 2.17. The number of hydrogen-bond donors (Lipinski definition) is 0. The fourth-order valence-electron chi connectivity index (χ4n) is 0.891. The Balaban J connectivity index is 3.42. The summed E-state index contributed by atoms with van der Waals surface area (Å²) in [7, 11) is -3.45. The van der Waals surface area contributed by atoms with Gasteiger partial charge in [-0.15, -0.1) is 0 Å². The van der Waals surface area contributed by atoms with E-state index in [2.05, 4.69) is 22.5 Å². The van der Waals surface area contributed by atoms with Crippen molar-refractivity contribution >= 4 is 25.8 Å². The van der Waals surface area contributed by atoms with Crippen LogP contribution in [0.4, 0.5) is 0 Å². The Bertz CT molecular complexity index is 514. The van der Waals surface area contributed by atoms with Gasteiger partial charge in [-0.25, -0.2) is 8.42 Å². The zero-order valence-corrected chi connectivity index (χ0v) is 9.47. The molecule has 0 unspecified atom stereocenters. The van der Waals surface area contributed by atoms with Crippen molar-refractivity contribution in [2.75, 3.05) is 0 Å². The van der Waals surface area contributed by atoms with E-state index in [0.29, 0.717) is 10.0 Å². The van der Waals surface area contributed by atoms with Gasteiger partial charge in [0, 0.05) is 9.88 Å². The first kappa shape index (κ1) is 11.0. The maximum absolute atomic E-state index is 11.4. The molecule has 0 amide bonds. The SMILES string of the molecule is C=CS(=O)(=O)c1ccc(C#N)cc1Br. The van der Waals surface area contributed by atoms with E-state index in [9.17, 15) is 8.42 Å². The molecule has 0 atom stereocenters. The van der Waals surface area contributed by atoms with Crippen molar-refractivity contribution in [1.82, 2.24) is 0 Å². The molecule has 0 aliphatic carbocycles. The molecule has 0 aliphatic heterocycles. The molecule has 0 aromatic heterocycles. The molecule has 0 fully saturated rings. The number of nitriles is 1. The maximum atomic E-state index is 11.4. The van der Waals surface area contributed by atoms with E-state index in [-0.39, 0.29) is 4.90 Å². The lowest BCUT2D eigenvalue weighted by Gasteiger charge is -2.01. The summed E-state index contributed by atoms with van der Waals surface area (Å²) < 4.78 is 23.2. The minimum absolute atomic E-state index is 0.117. The molecule has 0 N–H and O–H groups in total. The summed E-state index contributed by atoms with van der Waals surface area (Å²) in [6, 6.07) is 6.19. The highest BCUT2D eigenvalue weighted by Gasteiger charge is 2.13. The van der Waals surface area contributed by atoms with Crippen LogP contribution in [0.15, 0.2) is 39.6 Å². The van der Waals surface area contributed by atoms with E-state index in [1.54, 1.807) is 0 Å². The highest BCUT2D eigenvalue weighted by Crippen LogP contribution is 2.24. The minimum Gasteiger partial charge on any atom is -0.219 e. The van der Waals surface area contributed by atoms with Crippen LogP contribution in [-0.4, -0.2) is 8.42 Å². The molecule has 0 saturated heterocycles. The first-order valence-electron chi connectivity index (χ1n) is 3.58. The Morgan fingerprint density at radius 3 is 2.57 bits per heavy atom. The second-order valence-corrected chi connectivity index (χ2v) is 5.19. The maximum Gasteiger partial charge on any atom is 0.200 e. The number of hydrogen-bond acceptors (Lipinski definition) is 3. The van der Waals surface area contributed by atoms with Crippen LogP contribution < -0.4 is 0 Å². The van der Waals surface area contributed by atoms with Crippen LogP contribution in [0.25, 0.3) is 0 Å². The summed E-state index contributed by atoms with van der Waals surface area (Å²) in [5.41, 5.74) is 0.403. The zero-order chi connectivity index (χ0) is 10.8. The van der Waals surface area contributed by atoms with Gasteiger partial charge >= 0.3 is 0 Å². The molecule has 3 nitrogen and oxygen atoms in total. The quantitative estimate of drug-likeness (QED) is 0.829. The van der Waals surface area contributed by atoms with E-state index >= 15 is 0 Å². The Morgan fingerprint density at radius 1 is 1.50 bits per heavy atom. The van der Waals surface area contributed by atoms with Crippen LogP contribution in [0.2, 0.25) is 0 Å². The van der Waals surface area contributed by atoms with Gasteiger partial charge in [0.25, 0.3) is 0 Å². The van der Waals surface area contributed by atoms with E-state index in [1.807, 2.05) is 6.07 Å². The van der Waals surface area contributed by atoms with Gasteiger partial charge in [0.15, 0.2) is 9.84 Å². The highest BCUT2D eigenvalue weighted by molar-refractivity contribution is 9.10. The minimum atomic E-state index is -3.45. The second-order valence-electron chi connectivity index (χ2n) is 2.47. The topological polar surface area (TPSA) is 57.9 Å². The van der Waals surface area contributed by atoms with E-state index in [1.165, 1.54) is 18.2 Å². The largest absolute Gasteiger partial charge is 0.219 e. The normalized spacial score (nSPS) is 10.6. The van der Waals surface area contributed by atoms with Crippen molar-refractivity contribution < 1.29 is 8.42 Å². The average molecular weight is 272 g/mol. The number of rotatable bonds is 2. The van der Waals surface area contributed by atoms with Gasteiger partial charge in [0.05, 0.1) is 16.5 Å². The Hall–Kier alpha value is -1.12. The third-order valence-corrected chi connectivity index (χ3v) is 3.91. The fraction of sp³-hybridized carbons (Fsp3) is 0. The summed E-state index contributed by atoms with van der Waals surface area (Å²) >= 11 is 3.09. The van der Waals surface area contributed by atoms with Crippen molar-refractivity contribution in [2.45, 2.75) is 4.90 Å². The molecule has 1 aromatic carbocycles. The molecule has 1 aromatic rings. The molecule has 5 heteroatoms. The second kappa shape index (κ2) is 3.95. The van der Waals surface area contributed by atoms with Gasteiger partial charge in [-0.2, -0.15) is 5.26 Å². The zero-order valence-electron chi connectivity index (χ0n) is 7.07. The number of benzene rings is 1. The van der Waals surface area contributed by atoms with Crippen LogP contribution in [-0.2, 0) is 9.84 Å². The fourth-order valence-corrected chi connectivity index (χ4v) is 2.71. The van der Waals surface area contributed by atoms with Crippen LogP contribution in [0.3, 0.4) is 0 Å². The molecule has 72 valence electrons. The molecule has 14 heavy (non-hydrogen) atoms. The van der Waals surface area contributed by atoms with Gasteiger partial charge < -0.3 is 0 Å². The predicted molar refractivity (Wildman–Crippen MR) is 56.2 cm³/mol. The number of halogens is 1. The first-order chi connectivity index (χ1) is 6.51. The summed E-state index contributed by atoms with van der Waals surface area (Å²) in [6.07, 6.45) is 0. The molecule has 0 saturated carbocycles. The van der Waals surface area contributed by atoms with E-state index in [0.717, 1.165) is 5.41 Å². The third kappa shape index (κ3) is 2.03. The Morgan fingerprint density at radius 2 is 2.14 bits per heavy atom. The standard InChI is InChI=1S/C9H6BrNO2S/c1-2-14(12,13)9-4-3-7(6-11)5-8(9)10/h2-5H,1H2. The number of sulfone groups is 1. The molecule has 1 rings (SSSR count). The lowest BCUT2D eigenvalue weighted by atomic mass is 10.2. The van der Waals surface area contributed by atoms with Crippen LogP contribution in [0.5, 0.6) is 0 Å². The third-order valence-electron chi connectivity index (χ3n) is 1.59. The molecular formula is C9H6BrNO2S. The van der Waals surface area contributed by atoms with Crippen molar-refractivity contribution in [2.24, 2.45) is 0 Å². The van der Waals surface area contributed by atoms with Crippen molar-refractivity contribution in [3.63, 3.8) is 0 Å². The van der Waals surface area contributed by atoms with Crippen LogP contribution in [0.1, 0.15) is 5.56 Å². The van der Waals surface area contributed by atoms with Crippen molar-refractivity contribution in [3.8, 4) is 6.07 Å². The van der Waals surface area contributed by atoms with Gasteiger partial charge in [-0.3, -0.25) is 0 Å². The summed E-state index contributed by atoms with van der Waals surface area (Å²) in [4.78, 5) is 0.117. The molecule has 0 bridgehead atoms. The van der Waals surface area contributed by atoms with Crippen LogP contribution >= 0.6 is 15.9 Å². The Labute approximate surface area is 90.7 Å². The van der Waals surface area contributed by atoms with Gasteiger partial charge in [-0.05, 0) is 34.1 Å². The molecule has 0 aliphatic rings. The molecule has 0 spiro atoms. The van der Waals surface area contributed by atoms with Crippen LogP contribution in [0, 0.1) is 11.3 Å². The van der Waals surface area contributed by atoms with Gasteiger partial charge in [0.1, 0.15) is 0 Å². The van der Waals surface area contributed by atoms with Crippen molar-refractivity contribution in [1.29, 1.82) is 5.26 Å². The van der Waals surface area contributed by atoms with E-state index in [4.69, 9.17) is 5.26 Å². The summed E-state index contributed by atoms with van der Waals surface area (Å²) in [5, 5.41) is 9.45. The molecular weight excluding hydrogens is 266 g/mol. The summed E-state index contributed by atoms with van der Waals surface area (Å²) in [5.74, 6) is 0. The van der Waals surface area contributed by atoms with Crippen molar-refractivity contribution in [3.05, 3.63) is 40.2 Å². The lowest BCUT2D eigenvalue weighted by molar-refractivity contribution is 0.604. The highest BCUT2D eigenvalue weighted by atomic mass is 79.9. The predicted octanol–water partition coefficient (Wildman–Crippen LogP) is 2.24. The first-order valence-corrected chi connectivity index (χ1v) is 5.92. The summed E-state index contributed by atoms with van der Waals surface area (Å²) in [6.45, 7) is 3.22. The number of nitrogens with zero attached hydrogens (tertiary/aromatic N) is 1. The van der Waals surface area contributed by atoms with E-state index < -0.39 is 9.84 Å². The van der Waals surface area contributed by atoms with Gasteiger partial charge in [0.2, 0.25) is 0 Å². The lowest BCUT2D eigenvalue weighted by Crippen LogP contribution is -1.96. The smallest absolute Gasteiger partial charge is 0.200 e. The van der Waals surface area contributed by atoms with Gasteiger partial charge in [-0.1, -0.05) is 6.58 Å².